The van der Waals surface area contributed by atoms with Gasteiger partial charge in [0.1, 0.15) is 0 Å². The van der Waals surface area contributed by atoms with Gasteiger partial charge in [-0.25, -0.2) is 0 Å². The number of ether oxygens (including phenoxy) is 2. The van der Waals surface area contributed by atoms with Gasteiger partial charge < -0.3 is 9.47 Å². The fourth-order valence-electron chi connectivity index (χ4n) is 0.829. The highest BCUT2D eigenvalue weighted by atomic mass is 127. The third kappa shape index (κ3) is 1.95. The summed E-state index contributed by atoms with van der Waals surface area (Å²) in [6.07, 6.45) is 0. The van der Waals surface area contributed by atoms with Gasteiger partial charge in [0.15, 0.2) is 11.5 Å². The van der Waals surface area contributed by atoms with E-state index in [2.05, 4.69) is 22.6 Å². The molecule has 0 unspecified atom stereocenters. The van der Waals surface area contributed by atoms with E-state index in [0.29, 0.717) is 16.5 Å². The lowest BCUT2D eigenvalue weighted by atomic mass is 10.3. The molecule has 1 aromatic carbocycles. The van der Waals surface area contributed by atoms with Gasteiger partial charge >= 0.3 is 0 Å². The van der Waals surface area contributed by atoms with Crippen molar-refractivity contribution in [3.8, 4) is 11.5 Å². The fourth-order valence-corrected chi connectivity index (χ4v) is 1.42. The predicted molar refractivity (Wildman–Crippen MR) is 57.3 cm³/mol. The molecule has 0 radical (unpaired) electrons. The highest BCUT2D eigenvalue weighted by molar-refractivity contribution is 14.1. The van der Waals surface area contributed by atoms with Crippen LogP contribution in [0.5, 0.6) is 11.5 Å². The first kappa shape index (κ1) is 9.92. The van der Waals surface area contributed by atoms with Gasteiger partial charge in [0.05, 0.1) is 19.2 Å². The molecule has 1 rings (SSSR count). The normalized spacial score (nSPS) is 9.67. The molecule has 0 saturated carbocycles. The van der Waals surface area contributed by atoms with E-state index in [0.717, 1.165) is 3.57 Å². The molecular weight excluding hydrogens is 290 g/mol. The Labute approximate surface area is 90.0 Å². The van der Waals surface area contributed by atoms with Crippen molar-refractivity contribution >= 4 is 34.2 Å². The molecule has 12 heavy (non-hydrogen) atoms. The minimum absolute atomic E-state index is 0.655. The van der Waals surface area contributed by atoms with Crippen LogP contribution in [0.15, 0.2) is 12.1 Å². The number of halogens is 2. The molecule has 0 aromatic heterocycles. The Morgan fingerprint density at radius 3 is 2.17 bits per heavy atom. The average molecular weight is 299 g/mol. The minimum Gasteiger partial charge on any atom is -0.493 e. The average Bonchev–Trinajstić information content (AvgIpc) is 2.09. The van der Waals surface area contributed by atoms with E-state index in [9.17, 15) is 0 Å². The molecule has 2 nitrogen and oxygen atoms in total. The fraction of sp³-hybridized carbons (Fsp3) is 0.250. The van der Waals surface area contributed by atoms with Crippen LogP contribution in [0, 0.1) is 3.57 Å². The number of hydrogen-bond donors (Lipinski definition) is 0. The Morgan fingerprint density at radius 2 is 1.67 bits per heavy atom. The van der Waals surface area contributed by atoms with Gasteiger partial charge in [0.2, 0.25) is 0 Å². The highest BCUT2D eigenvalue weighted by Gasteiger charge is 2.06. The van der Waals surface area contributed by atoms with Crippen molar-refractivity contribution in [1.29, 1.82) is 0 Å². The molecular formula is C8H8ClIO2. The van der Waals surface area contributed by atoms with E-state index >= 15 is 0 Å². The first-order valence-corrected chi connectivity index (χ1v) is 4.71. The van der Waals surface area contributed by atoms with Crippen molar-refractivity contribution in [3.05, 3.63) is 20.7 Å². The molecule has 0 aliphatic carbocycles. The van der Waals surface area contributed by atoms with Crippen molar-refractivity contribution < 1.29 is 9.47 Å². The zero-order valence-corrected chi connectivity index (χ0v) is 9.64. The standard InChI is InChI=1S/C8H8ClIO2/c1-11-7-3-5(9)6(10)4-8(7)12-2/h3-4H,1-2H3. The van der Waals surface area contributed by atoms with Gasteiger partial charge in [-0.3, -0.25) is 0 Å². The molecule has 0 aliphatic rings. The smallest absolute Gasteiger partial charge is 0.162 e. The van der Waals surface area contributed by atoms with Crippen LogP contribution in [-0.2, 0) is 0 Å². The molecule has 0 bridgehead atoms. The highest BCUT2D eigenvalue weighted by Crippen LogP contribution is 2.33. The lowest BCUT2D eigenvalue weighted by Crippen LogP contribution is -1.91. The molecule has 0 saturated heterocycles. The topological polar surface area (TPSA) is 18.5 Å². The van der Waals surface area contributed by atoms with Crippen LogP contribution in [0.2, 0.25) is 5.02 Å². The second-order valence-electron chi connectivity index (χ2n) is 2.12. The van der Waals surface area contributed by atoms with Gasteiger partial charge in [-0.2, -0.15) is 0 Å². The van der Waals surface area contributed by atoms with Gasteiger partial charge in [0, 0.05) is 9.64 Å². The van der Waals surface area contributed by atoms with E-state index in [4.69, 9.17) is 21.1 Å². The van der Waals surface area contributed by atoms with E-state index < -0.39 is 0 Å². The number of benzene rings is 1. The maximum atomic E-state index is 5.88. The summed E-state index contributed by atoms with van der Waals surface area (Å²) in [4.78, 5) is 0. The quantitative estimate of drug-likeness (QED) is 0.782. The van der Waals surface area contributed by atoms with Crippen molar-refractivity contribution in [1.82, 2.24) is 0 Å². The van der Waals surface area contributed by atoms with Crippen molar-refractivity contribution in [3.63, 3.8) is 0 Å². The summed E-state index contributed by atoms with van der Waals surface area (Å²) in [5.74, 6) is 1.36. The first-order valence-electron chi connectivity index (χ1n) is 3.26. The molecule has 0 atom stereocenters. The molecule has 0 fully saturated rings. The SMILES string of the molecule is COc1cc(Cl)c(I)cc1OC. The van der Waals surface area contributed by atoms with Crippen molar-refractivity contribution in [2.45, 2.75) is 0 Å². The van der Waals surface area contributed by atoms with E-state index in [1.54, 1.807) is 20.3 Å². The largest absolute Gasteiger partial charge is 0.493 e. The summed E-state index contributed by atoms with van der Waals surface area (Å²) in [6.45, 7) is 0. The molecule has 0 aliphatic heterocycles. The van der Waals surface area contributed by atoms with E-state index in [-0.39, 0.29) is 0 Å². The second-order valence-corrected chi connectivity index (χ2v) is 3.69. The Bertz CT molecular complexity index is 260. The molecule has 0 heterocycles. The molecule has 0 N–H and O–H groups in total. The number of hydrogen-bond acceptors (Lipinski definition) is 2. The van der Waals surface area contributed by atoms with Crippen molar-refractivity contribution in [2.24, 2.45) is 0 Å². The van der Waals surface area contributed by atoms with Crippen LogP contribution in [0.25, 0.3) is 0 Å². The van der Waals surface area contributed by atoms with E-state index in [1.807, 2.05) is 6.07 Å². The zero-order valence-electron chi connectivity index (χ0n) is 6.73. The summed E-state index contributed by atoms with van der Waals surface area (Å²) < 4.78 is 11.1. The maximum absolute atomic E-state index is 5.88. The Hall–Kier alpha value is -0.160. The monoisotopic (exact) mass is 298 g/mol. The van der Waals surface area contributed by atoms with Crippen LogP contribution in [0.1, 0.15) is 0 Å². The van der Waals surface area contributed by atoms with Gasteiger partial charge in [-0.1, -0.05) is 11.6 Å². The Morgan fingerprint density at radius 1 is 1.17 bits per heavy atom. The molecule has 1 aromatic rings. The number of methoxy groups -OCH3 is 2. The third-order valence-corrected chi connectivity index (χ3v) is 2.95. The Balaban J connectivity index is 3.19. The first-order chi connectivity index (χ1) is 5.69. The van der Waals surface area contributed by atoms with Gasteiger partial charge in [-0.15, -0.1) is 0 Å². The molecule has 0 amide bonds. The second kappa shape index (κ2) is 4.18. The summed E-state index contributed by atoms with van der Waals surface area (Å²) in [7, 11) is 3.18. The van der Waals surface area contributed by atoms with Crippen LogP contribution in [0.3, 0.4) is 0 Å². The van der Waals surface area contributed by atoms with Gasteiger partial charge in [0.25, 0.3) is 0 Å². The zero-order chi connectivity index (χ0) is 9.14. The third-order valence-electron chi connectivity index (χ3n) is 1.43. The molecule has 4 heteroatoms. The summed E-state index contributed by atoms with van der Waals surface area (Å²) in [5.41, 5.74) is 0. The number of rotatable bonds is 2. The summed E-state index contributed by atoms with van der Waals surface area (Å²) in [5, 5.41) is 0.674. The lowest BCUT2D eigenvalue weighted by molar-refractivity contribution is 0.354. The van der Waals surface area contributed by atoms with Crippen LogP contribution in [0.4, 0.5) is 0 Å². The van der Waals surface area contributed by atoms with Crippen molar-refractivity contribution in [2.75, 3.05) is 14.2 Å². The van der Waals surface area contributed by atoms with Crippen LogP contribution in [-0.4, -0.2) is 14.2 Å². The lowest BCUT2D eigenvalue weighted by Gasteiger charge is -2.08. The van der Waals surface area contributed by atoms with Crippen LogP contribution < -0.4 is 9.47 Å². The van der Waals surface area contributed by atoms with E-state index in [1.165, 1.54) is 0 Å². The Kier molecular flexibility index (Phi) is 3.46. The van der Waals surface area contributed by atoms with Gasteiger partial charge in [-0.05, 0) is 28.7 Å². The van der Waals surface area contributed by atoms with Crippen LogP contribution >= 0.6 is 34.2 Å². The molecule has 66 valence electrons. The maximum Gasteiger partial charge on any atom is 0.162 e. The molecule has 0 spiro atoms. The minimum atomic E-state index is 0.655. The predicted octanol–water partition coefficient (Wildman–Crippen LogP) is 2.96. The summed E-state index contributed by atoms with van der Waals surface area (Å²) in [6, 6.07) is 3.57. The summed E-state index contributed by atoms with van der Waals surface area (Å²) >= 11 is 8.02.